The first-order valence-corrected chi connectivity index (χ1v) is 5.41. The van der Waals surface area contributed by atoms with Gasteiger partial charge in [0.2, 0.25) is 0 Å². The van der Waals surface area contributed by atoms with E-state index in [1.54, 1.807) is 12.1 Å². The van der Waals surface area contributed by atoms with Gasteiger partial charge in [0.15, 0.2) is 0 Å². The smallest absolute Gasteiger partial charge is 0.253 e. The average molecular weight is 234 g/mol. The largest absolute Gasteiger partial charge is 0.545 e. The molecule has 0 spiro atoms. The summed E-state index contributed by atoms with van der Waals surface area (Å²) < 4.78 is 5.21. The molecule has 1 aliphatic heterocycles. The molecule has 1 fully saturated rings. The van der Waals surface area contributed by atoms with Crippen LogP contribution in [0.5, 0.6) is 0 Å². The van der Waals surface area contributed by atoms with Gasteiger partial charge in [0, 0.05) is 17.9 Å². The molecule has 1 heterocycles. The summed E-state index contributed by atoms with van der Waals surface area (Å²) in [5.74, 6) is -1.62. The van der Waals surface area contributed by atoms with Crippen LogP contribution in [-0.4, -0.2) is 24.6 Å². The predicted octanol–water partition coefficient (Wildman–Crippen LogP) is 0.168. The van der Waals surface area contributed by atoms with Crippen LogP contribution in [0.3, 0.4) is 0 Å². The Morgan fingerprint density at radius 3 is 2.76 bits per heavy atom. The Bertz CT molecular complexity index is 438. The lowest BCUT2D eigenvalue weighted by molar-refractivity contribution is -0.254. The number of carboxylic acid groups (broad SMARTS) is 1. The molecule has 5 nitrogen and oxygen atoms in total. The molecule has 1 aromatic carbocycles. The van der Waals surface area contributed by atoms with Gasteiger partial charge in [-0.3, -0.25) is 4.79 Å². The van der Waals surface area contributed by atoms with Gasteiger partial charge in [0.25, 0.3) is 5.91 Å². The fourth-order valence-electron chi connectivity index (χ4n) is 1.77. The van der Waals surface area contributed by atoms with Gasteiger partial charge < -0.3 is 20.0 Å². The predicted molar refractivity (Wildman–Crippen MR) is 58.4 cm³/mol. The van der Waals surface area contributed by atoms with Crippen LogP contribution < -0.4 is 10.4 Å². The number of hydrogen-bond acceptors (Lipinski definition) is 4. The molecule has 1 aromatic rings. The number of carboxylic acids is 1. The van der Waals surface area contributed by atoms with Crippen molar-refractivity contribution < 1.29 is 19.4 Å². The van der Waals surface area contributed by atoms with Gasteiger partial charge in [0.05, 0.1) is 5.97 Å². The van der Waals surface area contributed by atoms with Crippen molar-refractivity contribution in [1.82, 2.24) is 0 Å². The number of hydrogen-bond donors (Lipinski definition) is 1. The van der Waals surface area contributed by atoms with E-state index in [0.29, 0.717) is 13.0 Å². The first-order chi connectivity index (χ1) is 8.18. The summed E-state index contributed by atoms with van der Waals surface area (Å²) in [6.45, 7) is 0.570. The standard InChI is InChI=1S/C12H13NO4/c14-11(10-6-3-7-17-10)13-9-5-2-1-4-8(9)12(15)16/h1-2,4-5,10H,3,6-7H2,(H,13,14)(H,15,16)/p-1/t10-/m0/s1. The Morgan fingerprint density at radius 1 is 1.35 bits per heavy atom. The third-order valence-electron chi connectivity index (χ3n) is 2.63. The lowest BCUT2D eigenvalue weighted by atomic mass is 10.1. The number of anilines is 1. The molecule has 17 heavy (non-hydrogen) atoms. The maximum atomic E-state index is 11.7. The van der Waals surface area contributed by atoms with Crippen molar-refractivity contribution in [2.45, 2.75) is 18.9 Å². The van der Waals surface area contributed by atoms with Crippen LogP contribution in [0.25, 0.3) is 0 Å². The van der Waals surface area contributed by atoms with Crippen LogP contribution in [0, 0.1) is 0 Å². The van der Waals surface area contributed by atoms with E-state index in [1.165, 1.54) is 12.1 Å². The lowest BCUT2D eigenvalue weighted by Crippen LogP contribution is -2.29. The van der Waals surface area contributed by atoms with Gasteiger partial charge in [-0.15, -0.1) is 0 Å². The number of benzene rings is 1. The van der Waals surface area contributed by atoms with Crippen LogP contribution in [0.1, 0.15) is 23.2 Å². The van der Waals surface area contributed by atoms with Crippen LogP contribution in [0.2, 0.25) is 0 Å². The highest BCUT2D eigenvalue weighted by Crippen LogP contribution is 2.18. The average Bonchev–Trinajstić information content (AvgIpc) is 2.83. The molecule has 0 bridgehead atoms. The molecule has 1 aliphatic rings. The molecule has 0 unspecified atom stereocenters. The van der Waals surface area contributed by atoms with E-state index < -0.39 is 12.1 Å². The second-order valence-electron chi connectivity index (χ2n) is 3.82. The number of carbonyl (C=O) groups is 2. The maximum absolute atomic E-state index is 11.7. The van der Waals surface area contributed by atoms with Gasteiger partial charge >= 0.3 is 0 Å². The molecule has 1 amide bonds. The quantitative estimate of drug-likeness (QED) is 0.808. The normalized spacial score (nSPS) is 18.9. The second-order valence-corrected chi connectivity index (χ2v) is 3.82. The summed E-state index contributed by atoms with van der Waals surface area (Å²) >= 11 is 0. The minimum absolute atomic E-state index is 0.0288. The van der Waals surface area contributed by atoms with E-state index in [2.05, 4.69) is 5.32 Å². The Hall–Kier alpha value is -1.88. The van der Waals surface area contributed by atoms with Crippen molar-refractivity contribution in [2.24, 2.45) is 0 Å². The summed E-state index contributed by atoms with van der Waals surface area (Å²) in [6.07, 6.45) is 1.03. The third kappa shape index (κ3) is 2.62. The molecule has 90 valence electrons. The molecule has 0 aromatic heterocycles. The first kappa shape index (κ1) is 11.6. The molecule has 2 rings (SSSR count). The van der Waals surface area contributed by atoms with Crippen LogP contribution in [-0.2, 0) is 9.53 Å². The lowest BCUT2D eigenvalue weighted by Gasteiger charge is -2.14. The summed E-state index contributed by atoms with van der Waals surface area (Å²) in [6, 6.07) is 6.14. The number of ether oxygens (including phenoxy) is 1. The van der Waals surface area contributed by atoms with Crippen molar-refractivity contribution in [1.29, 1.82) is 0 Å². The van der Waals surface area contributed by atoms with Gasteiger partial charge in [-0.2, -0.15) is 0 Å². The van der Waals surface area contributed by atoms with Crippen molar-refractivity contribution >= 4 is 17.6 Å². The van der Waals surface area contributed by atoms with E-state index in [9.17, 15) is 14.7 Å². The van der Waals surface area contributed by atoms with Crippen molar-refractivity contribution in [3.05, 3.63) is 29.8 Å². The van der Waals surface area contributed by atoms with Crippen LogP contribution in [0.15, 0.2) is 24.3 Å². The molecule has 1 N–H and O–H groups in total. The number of para-hydroxylation sites is 1. The first-order valence-electron chi connectivity index (χ1n) is 5.41. The summed E-state index contributed by atoms with van der Waals surface area (Å²) in [7, 11) is 0. The highest BCUT2D eigenvalue weighted by molar-refractivity contribution is 6.01. The highest BCUT2D eigenvalue weighted by atomic mass is 16.5. The summed E-state index contributed by atoms with van der Waals surface area (Å²) in [5, 5.41) is 13.4. The summed E-state index contributed by atoms with van der Waals surface area (Å²) in [5.41, 5.74) is 0.215. The Balaban J connectivity index is 2.12. The second kappa shape index (κ2) is 4.97. The number of carbonyl (C=O) groups excluding carboxylic acids is 2. The molecule has 0 aliphatic carbocycles. The zero-order chi connectivity index (χ0) is 12.3. The van der Waals surface area contributed by atoms with E-state index in [4.69, 9.17) is 4.74 Å². The van der Waals surface area contributed by atoms with Gasteiger partial charge in [-0.1, -0.05) is 18.2 Å². The molecule has 0 radical (unpaired) electrons. The molecule has 1 saturated heterocycles. The highest BCUT2D eigenvalue weighted by Gasteiger charge is 2.23. The Morgan fingerprint density at radius 2 is 2.12 bits per heavy atom. The Kier molecular flexibility index (Phi) is 3.39. The number of amides is 1. The van der Waals surface area contributed by atoms with E-state index in [0.717, 1.165) is 6.42 Å². The third-order valence-corrected chi connectivity index (χ3v) is 2.63. The summed E-state index contributed by atoms with van der Waals surface area (Å²) in [4.78, 5) is 22.6. The zero-order valence-corrected chi connectivity index (χ0v) is 9.14. The minimum atomic E-state index is -1.31. The monoisotopic (exact) mass is 234 g/mol. The number of rotatable bonds is 3. The molecular formula is C12H12NO4-. The fourth-order valence-corrected chi connectivity index (χ4v) is 1.77. The van der Waals surface area contributed by atoms with E-state index in [-0.39, 0.29) is 17.2 Å². The van der Waals surface area contributed by atoms with Gasteiger partial charge in [-0.05, 0) is 18.9 Å². The van der Waals surface area contributed by atoms with Crippen LogP contribution in [0.4, 0.5) is 5.69 Å². The van der Waals surface area contributed by atoms with Crippen molar-refractivity contribution in [2.75, 3.05) is 11.9 Å². The maximum Gasteiger partial charge on any atom is 0.253 e. The van der Waals surface area contributed by atoms with Crippen LogP contribution >= 0.6 is 0 Å². The molecule has 0 saturated carbocycles. The zero-order valence-electron chi connectivity index (χ0n) is 9.14. The Labute approximate surface area is 98.4 Å². The van der Waals surface area contributed by atoms with Crippen molar-refractivity contribution in [3.63, 3.8) is 0 Å². The van der Waals surface area contributed by atoms with Crippen molar-refractivity contribution in [3.8, 4) is 0 Å². The fraction of sp³-hybridized carbons (Fsp3) is 0.333. The van der Waals surface area contributed by atoms with E-state index >= 15 is 0 Å². The molecule has 1 atom stereocenters. The number of nitrogens with one attached hydrogen (secondary N) is 1. The number of aromatic carboxylic acids is 1. The SMILES string of the molecule is O=C([O-])c1ccccc1NC(=O)[C@@H]1CCCO1. The molecule has 5 heteroatoms. The van der Waals surface area contributed by atoms with E-state index in [1.807, 2.05) is 0 Å². The minimum Gasteiger partial charge on any atom is -0.545 e. The van der Waals surface area contributed by atoms with Gasteiger partial charge in [-0.25, -0.2) is 0 Å². The molecular weight excluding hydrogens is 222 g/mol. The topological polar surface area (TPSA) is 78.5 Å². The van der Waals surface area contributed by atoms with Gasteiger partial charge in [0.1, 0.15) is 6.10 Å².